The van der Waals surface area contributed by atoms with Gasteiger partial charge in [-0.15, -0.1) is 0 Å². The van der Waals surface area contributed by atoms with Crippen LogP contribution in [-0.2, 0) is 14.3 Å². The number of rotatable bonds is 0. The van der Waals surface area contributed by atoms with Crippen molar-refractivity contribution < 1.29 is 37.7 Å². The molecule has 8 fully saturated rings. The van der Waals surface area contributed by atoms with E-state index in [4.69, 9.17) is 9.47 Å². The second-order valence-electron chi connectivity index (χ2n) is 25.3. The molecule has 0 unspecified atom stereocenters. The molecular weight excluding hydrogens is 838 g/mol. The smallest absolute Gasteiger partial charge is 0.393 e. The fourth-order valence-electron chi connectivity index (χ4n) is 18.8. The van der Waals surface area contributed by atoms with Gasteiger partial charge in [0.05, 0.1) is 41.7 Å². The maximum absolute atomic E-state index is 13.5. The van der Waals surface area contributed by atoms with Crippen molar-refractivity contribution in [3.8, 4) is 0 Å². The maximum atomic E-state index is 13.5. The normalized spacial score (nSPS) is 51.4. The van der Waals surface area contributed by atoms with Crippen molar-refractivity contribution >= 4 is 5.91 Å². The van der Waals surface area contributed by atoms with Crippen molar-refractivity contribution in [2.75, 3.05) is 13.1 Å². The number of fused-ring (bicyclic) bond motifs is 12. The minimum atomic E-state index is -4.86. The zero-order valence-corrected chi connectivity index (χ0v) is 41.3. The number of nitrogens with zero attached hydrogens (tertiary/aromatic N) is 1. The number of piperidine rings is 2. The molecule has 1 amide bonds. The van der Waals surface area contributed by atoms with Crippen molar-refractivity contribution in [2.24, 2.45) is 70.0 Å². The molecule has 7 nitrogen and oxygen atoms in total. The summed E-state index contributed by atoms with van der Waals surface area (Å²) in [5.74, 6) is 3.39. The molecular formula is C56H81F3N2O5. The van der Waals surface area contributed by atoms with Crippen LogP contribution in [0.25, 0.3) is 0 Å². The molecule has 20 atom stereocenters. The van der Waals surface area contributed by atoms with E-state index < -0.39 is 23.7 Å². The molecule has 4 aliphatic heterocycles. The standard InChI is InChI=1S/C29H40F3NO3.C27H41NO2/c1-15-11-24-25(33(14-15)26(35)29(30,31)32)17(3)28(36-24)10-8-20-21-6-5-18-12-19(34)7-9-27(18,4)23(21)13-22(20)16(28)2;1-15-11-24-25(28-14-15)17(3)27(30-24)10-8-20-21-6-5-18-12-19(29)7-9-26(18,4)23(21)13-22(20)16(27)2/h5,15,17,19-21,23-25,34H,6-14H2,1-4H3;5,15,17,19-21,23-25,28-29H,6-14H2,1-4H3/t15-,17+,19-,20-,21-,23-,24+,25-,27-,28-;15-,17+,19-,20-,21-,23-,24+,25-,26-,27-/m00/s1. The van der Waals surface area contributed by atoms with E-state index in [-0.39, 0.29) is 47.7 Å². The van der Waals surface area contributed by atoms with Crippen LogP contribution in [0.2, 0.25) is 0 Å². The fourth-order valence-corrected chi connectivity index (χ4v) is 18.8. The van der Waals surface area contributed by atoms with E-state index in [0.29, 0.717) is 47.7 Å². The van der Waals surface area contributed by atoms with Crippen LogP contribution in [0.4, 0.5) is 13.2 Å². The topological polar surface area (TPSA) is 91.3 Å². The Kier molecular flexibility index (Phi) is 11.3. The van der Waals surface area contributed by atoms with E-state index in [0.717, 1.165) is 92.9 Å². The van der Waals surface area contributed by atoms with Gasteiger partial charge in [0.2, 0.25) is 0 Å². The lowest BCUT2D eigenvalue weighted by Crippen LogP contribution is -2.57. The van der Waals surface area contributed by atoms with Gasteiger partial charge in [0.1, 0.15) is 0 Å². The summed E-state index contributed by atoms with van der Waals surface area (Å²) in [6.07, 6.45) is 16.4. The third kappa shape index (κ3) is 6.75. The van der Waals surface area contributed by atoms with Crippen LogP contribution in [0.3, 0.4) is 0 Å². The average molecular weight is 919 g/mol. The highest BCUT2D eigenvalue weighted by Crippen LogP contribution is 2.67. The summed E-state index contributed by atoms with van der Waals surface area (Å²) in [6.45, 7) is 19.6. The molecule has 12 aliphatic rings. The molecule has 0 radical (unpaired) electrons. The maximum Gasteiger partial charge on any atom is 0.471 e. The van der Waals surface area contributed by atoms with Gasteiger partial charge < -0.3 is 29.9 Å². The number of aliphatic hydroxyl groups excluding tert-OH is 2. The Morgan fingerprint density at radius 3 is 1.74 bits per heavy atom. The Hall–Kier alpha value is -1.98. The van der Waals surface area contributed by atoms with Gasteiger partial charge in [0.15, 0.2) is 0 Å². The number of hydrogen-bond acceptors (Lipinski definition) is 6. The van der Waals surface area contributed by atoms with Crippen LogP contribution >= 0.6 is 0 Å². The van der Waals surface area contributed by atoms with Gasteiger partial charge in [-0.25, -0.2) is 0 Å². The average Bonchev–Trinajstić information content (AvgIpc) is 4.00. The number of amides is 1. The van der Waals surface area contributed by atoms with Crippen LogP contribution in [0.1, 0.15) is 158 Å². The summed E-state index contributed by atoms with van der Waals surface area (Å²) in [6, 6.07) is -0.000626. The monoisotopic (exact) mass is 919 g/mol. The van der Waals surface area contributed by atoms with Gasteiger partial charge in [-0.05, 0) is 192 Å². The number of allylic oxidation sites excluding steroid dienone is 4. The van der Waals surface area contributed by atoms with E-state index in [2.05, 4.69) is 59.0 Å². The minimum Gasteiger partial charge on any atom is -0.393 e. The molecule has 66 heavy (non-hydrogen) atoms. The Labute approximate surface area is 393 Å². The molecule has 2 spiro atoms. The number of halogens is 3. The lowest BCUT2D eigenvalue weighted by atomic mass is 9.56. The number of carbonyl (C=O) groups excluding carboxylic acids is 1. The van der Waals surface area contributed by atoms with Crippen molar-refractivity contribution in [3.05, 3.63) is 45.6 Å². The van der Waals surface area contributed by atoms with Crippen molar-refractivity contribution in [2.45, 2.75) is 212 Å². The van der Waals surface area contributed by atoms with Crippen LogP contribution in [0.15, 0.2) is 45.6 Å². The van der Waals surface area contributed by atoms with Crippen LogP contribution < -0.4 is 5.32 Å². The summed E-state index contributed by atoms with van der Waals surface area (Å²) < 4.78 is 54.5. The highest BCUT2D eigenvalue weighted by Gasteiger charge is 2.64. The molecule has 3 N–H and O–H groups in total. The summed E-state index contributed by atoms with van der Waals surface area (Å²) in [7, 11) is 0. The molecule has 0 aromatic carbocycles. The number of nitrogens with one attached hydrogen (secondary N) is 1. The zero-order chi connectivity index (χ0) is 46.6. The molecule has 0 aromatic heterocycles. The number of alkyl halides is 3. The van der Waals surface area contributed by atoms with E-state index in [1.54, 1.807) is 16.7 Å². The first-order valence-electron chi connectivity index (χ1n) is 26.8. The van der Waals surface area contributed by atoms with Gasteiger partial charge in [-0.3, -0.25) is 4.79 Å². The molecule has 4 saturated heterocycles. The lowest BCUT2D eigenvalue weighted by Gasteiger charge is -2.49. The van der Waals surface area contributed by atoms with Crippen LogP contribution in [0.5, 0.6) is 0 Å². The fraction of sp³-hybridized carbons (Fsp3) is 0.839. The molecule has 0 aromatic rings. The van der Waals surface area contributed by atoms with Crippen molar-refractivity contribution in [1.82, 2.24) is 10.2 Å². The number of aliphatic hydroxyl groups is 2. The SMILES string of the molecule is CC1=C2C[C@H]3[C@@H](CC=C4C[C@@H](O)CC[C@@]43C)[C@@H]2CC[C@]12O[C@@H]1C[C@H](C)CN(C(=O)C(F)(F)F)[C@H]1[C@H]2C.CC1=C2C[C@H]3[C@@H](CC=C4C[C@@H](O)CC[C@@]43C)[C@@H]2CC[C@]12O[C@@H]1C[C@H](C)CN[C@H]1[C@H]2C. The molecule has 0 bridgehead atoms. The summed E-state index contributed by atoms with van der Waals surface area (Å²) in [5, 5.41) is 24.4. The third-order valence-electron chi connectivity index (χ3n) is 22.4. The van der Waals surface area contributed by atoms with E-state index in [1.807, 2.05) is 13.8 Å². The molecule has 4 heterocycles. The Morgan fingerprint density at radius 1 is 0.712 bits per heavy atom. The van der Waals surface area contributed by atoms with Crippen molar-refractivity contribution in [1.29, 1.82) is 0 Å². The molecule has 10 heteroatoms. The summed E-state index contributed by atoms with van der Waals surface area (Å²) in [5.41, 5.74) is 8.95. The number of ether oxygens (including phenoxy) is 2. The molecule has 12 rings (SSSR count). The van der Waals surface area contributed by atoms with Crippen LogP contribution in [-0.4, -0.2) is 88.0 Å². The predicted molar refractivity (Wildman–Crippen MR) is 250 cm³/mol. The summed E-state index contributed by atoms with van der Waals surface area (Å²) in [4.78, 5) is 13.6. The third-order valence-corrected chi connectivity index (χ3v) is 22.4. The Balaban J connectivity index is 0.000000148. The largest absolute Gasteiger partial charge is 0.471 e. The number of likely N-dealkylation sites (tertiary alicyclic amines) is 1. The first kappa shape index (κ1) is 46.4. The molecule has 8 aliphatic carbocycles. The predicted octanol–water partition coefficient (Wildman–Crippen LogP) is 10.8. The molecule has 4 saturated carbocycles. The quantitative estimate of drug-likeness (QED) is 0.210. The minimum absolute atomic E-state index is 0.0222. The highest BCUT2D eigenvalue weighted by atomic mass is 19.4. The van der Waals surface area contributed by atoms with Gasteiger partial charge >= 0.3 is 12.1 Å². The van der Waals surface area contributed by atoms with Gasteiger partial charge in [-0.1, -0.05) is 76.0 Å². The zero-order valence-electron chi connectivity index (χ0n) is 41.3. The van der Waals surface area contributed by atoms with Gasteiger partial charge in [0, 0.05) is 24.4 Å². The second-order valence-corrected chi connectivity index (χ2v) is 25.3. The Morgan fingerprint density at radius 2 is 1.21 bits per heavy atom. The highest BCUT2D eigenvalue weighted by molar-refractivity contribution is 5.82. The number of hydrogen-bond donors (Lipinski definition) is 3. The van der Waals surface area contributed by atoms with Crippen molar-refractivity contribution in [3.63, 3.8) is 0 Å². The number of carbonyl (C=O) groups is 1. The lowest BCUT2D eigenvalue weighted by molar-refractivity contribution is -0.192. The second kappa shape index (κ2) is 16.0. The van der Waals surface area contributed by atoms with Crippen LogP contribution in [0, 0.1) is 70.0 Å². The van der Waals surface area contributed by atoms with Gasteiger partial charge in [-0.2, -0.15) is 13.2 Å². The first-order valence-corrected chi connectivity index (χ1v) is 26.8. The van der Waals surface area contributed by atoms with Gasteiger partial charge in [0.25, 0.3) is 0 Å². The molecule has 366 valence electrons. The first-order chi connectivity index (χ1) is 31.2. The Bertz CT molecular complexity index is 2110. The van der Waals surface area contributed by atoms with E-state index in [1.165, 1.54) is 55.2 Å². The van der Waals surface area contributed by atoms with E-state index >= 15 is 0 Å². The van der Waals surface area contributed by atoms with E-state index in [9.17, 15) is 28.2 Å². The summed E-state index contributed by atoms with van der Waals surface area (Å²) >= 11 is 0.